The number of carbonyl (C=O) groups is 2. The molecule has 0 aliphatic rings. The number of hydrogen-bond acceptors (Lipinski definition) is 5. The summed E-state index contributed by atoms with van der Waals surface area (Å²) in [5.74, 6) is 0.148. The Bertz CT molecular complexity index is 1040. The molecule has 2 aromatic carbocycles. The van der Waals surface area contributed by atoms with E-state index in [1.54, 1.807) is 0 Å². The van der Waals surface area contributed by atoms with Gasteiger partial charge in [-0.05, 0) is 42.8 Å². The molecule has 0 saturated carbocycles. The standard InChI is InChI=1S/C19H17FN2O5S/c1-3-10-21-18(23)12-27-19(24)15-6-4-5-7-16(15)22-28(25,26)17-9-8-14(20)11-13(17)2/h1,4-9,11,22H,10,12H2,2H3,(H,21,23). The molecule has 0 spiro atoms. The van der Waals surface area contributed by atoms with Crippen LogP contribution in [0.2, 0.25) is 0 Å². The van der Waals surface area contributed by atoms with E-state index in [2.05, 4.69) is 16.0 Å². The van der Waals surface area contributed by atoms with Crippen molar-refractivity contribution < 1.29 is 27.1 Å². The van der Waals surface area contributed by atoms with Crippen molar-refractivity contribution in [3.05, 3.63) is 59.4 Å². The first kappa shape index (κ1) is 20.9. The second kappa shape index (κ2) is 9.01. The highest BCUT2D eigenvalue weighted by molar-refractivity contribution is 7.92. The Morgan fingerprint density at radius 1 is 1.21 bits per heavy atom. The molecular formula is C19H17FN2O5S. The molecule has 2 aromatic rings. The van der Waals surface area contributed by atoms with E-state index in [-0.39, 0.29) is 28.3 Å². The molecule has 9 heteroatoms. The van der Waals surface area contributed by atoms with Crippen molar-refractivity contribution in [1.82, 2.24) is 5.32 Å². The van der Waals surface area contributed by atoms with Crippen molar-refractivity contribution in [2.24, 2.45) is 0 Å². The molecule has 0 saturated heterocycles. The number of para-hydroxylation sites is 1. The molecule has 146 valence electrons. The number of halogens is 1. The molecule has 0 unspecified atom stereocenters. The molecule has 0 bridgehead atoms. The van der Waals surface area contributed by atoms with Gasteiger partial charge in [0.05, 0.1) is 22.7 Å². The molecule has 0 aromatic heterocycles. The minimum Gasteiger partial charge on any atom is -0.452 e. The van der Waals surface area contributed by atoms with Crippen LogP contribution in [-0.4, -0.2) is 33.4 Å². The van der Waals surface area contributed by atoms with Gasteiger partial charge in [-0.2, -0.15) is 0 Å². The van der Waals surface area contributed by atoms with Crippen LogP contribution in [0.15, 0.2) is 47.4 Å². The van der Waals surface area contributed by atoms with E-state index in [9.17, 15) is 22.4 Å². The Balaban J connectivity index is 2.20. The molecule has 0 atom stereocenters. The number of rotatable bonds is 7. The van der Waals surface area contributed by atoms with E-state index < -0.39 is 34.3 Å². The predicted octanol–water partition coefficient (Wildman–Crippen LogP) is 1.84. The first-order valence-corrected chi connectivity index (χ1v) is 9.48. The first-order chi connectivity index (χ1) is 13.2. The highest BCUT2D eigenvalue weighted by atomic mass is 32.2. The number of ether oxygens (including phenoxy) is 1. The molecule has 0 radical (unpaired) electrons. The van der Waals surface area contributed by atoms with Gasteiger partial charge >= 0.3 is 5.97 Å². The zero-order valence-electron chi connectivity index (χ0n) is 14.9. The zero-order valence-corrected chi connectivity index (χ0v) is 15.7. The van der Waals surface area contributed by atoms with E-state index in [1.165, 1.54) is 31.2 Å². The summed E-state index contributed by atoms with van der Waals surface area (Å²) >= 11 is 0. The highest BCUT2D eigenvalue weighted by Gasteiger charge is 2.21. The maximum absolute atomic E-state index is 13.2. The number of esters is 1. The maximum atomic E-state index is 13.2. The summed E-state index contributed by atoms with van der Waals surface area (Å²) in [5, 5.41) is 2.33. The van der Waals surface area contributed by atoms with Gasteiger partial charge in [0.25, 0.3) is 15.9 Å². The van der Waals surface area contributed by atoms with Crippen molar-refractivity contribution in [2.75, 3.05) is 17.9 Å². The fourth-order valence-corrected chi connectivity index (χ4v) is 3.58. The molecule has 2 rings (SSSR count). The predicted molar refractivity (Wildman–Crippen MR) is 101 cm³/mol. The molecule has 0 aliphatic heterocycles. The van der Waals surface area contributed by atoms with E-state index in [0.29, 0.717) is 0 Å². The molecule has 2 N–H and O–H groups in total. The SMILES string of the molecule is C#CCNC(=O)COC(=O)c1ccccc1NS(=O)(=O)c1ccc(F)cc1C. The first-order valence-electron chi connectivity index (χ1n) is 8.00. The number of hydrogen-bond donors (Lipinski definition) is 2. The van der Waals surface area contributed by atoms with Gasteiger partial charge in [0.15, 0.2) is 6.61 Å². The number of carbonyl (C=O) groups excluding carboxylic acids is 2. The van der Waals surface area contributed by atoms with Crippen LogP contribution in [0.3, 0.4) is 0 Å². The fourth-order valence-electron chi connectivity index (χ4n) is 2.27. The van der Waals surface area contributed by atoms with Gasteiger partial charge in [-0.3, -0.25) is 9.52 Å². The minimum absolute atomic E-state index is 0.0101. The number of terminal acetylenes is 1. The van der Waals surface area contributed by atoms with E-state index >= 15 is 0 Å². The third-order valence-corrected chi connectivity index (χ3v) is 5.07. The quantitative estimate of drug-likeness (QED) is 0.542. The Morgan fingerprint density at radius 3 is 2.61 bits per heavy atom. The van der Waals surface area contributed by atoms with Crippen molar-refractivity contribution in [3.63, 3.8) is 0 Å². The van der Waals surface area contributed by atoms with Gasteiger partial charge < -0.3 is 10.1 Å². The van der Waals surface area contributed by atoms with Crippen LogP contribution in [0, 0.1) is 25.1 Å². The van der Waals surface area contributed by atoms with Gasteiger partial charge in [0.1, 0.15) is 5.82 Å². The normalized spacial score (nSPS) is 10.6. The molecule has 0 fully saturated rings. The number of amides is 1. The van der Waals surface area contributed by atoms with Crippen LogP contribution in [-0.2, 0) is 19.6 Å². The monoisotopic (exact) mass is 404 g/mol. The second-order valence-corrected chi connectivity index (χ2v) is 7.27. The number of benzene rings is 2. The summed E-state index contributed by atoms with van der Waals surface area (Å²) in [6, 6.07) is 8.98. The van der Waals surface area contributed by atoms with E-state index in [4.69, 9.17) is 11.2 Å². The number of sulfonamides is 1. The van der Waals surface area contributed by atoms with Crippen LogP contribution in [0.25, 0.3) is 0 Å². The largest absolute Gasteiger partial charge is 0.452 e. The summed E-state index contributed by atoms with van der Waals surface area (Å²) in [6.45, 7) is 0.870. The topological polar surface area (TPSA) is 102 Å². The van der Waals surface area contributed by atoms with Crippen molar-refractivity contribution in [3.8, 4) is 12.3 Å². The molecular weight excluding hydrogens is 387 g/mol. The van der Waals surface area contributed by atoms with E-state index in [0.717, 1.165) is 18.2 Å². The lowest BCUT2D eigenvalue weighted by Gasteiger charge is -2.13. The van der Waals surface area contributed by atoms with Gasteiger partial charge in [-0.1, -0.05) is 18.1 Å². The van der Waals surface area contributed by atoms with Crippen LogP contribution in [0.4, 0.5) is 10.1 Å². The average molecular weight is 404 g/mol. The molecule has 0 heterocycles. The maximum Gasteiger partial charge on any atom is 0.340 e. The third kappa shape index (κ3) is 5.31. The summed E-state index contributed by atoms with van der Waals surface area (Å²) in [4.78, 5) is 23.6. The van der Waals surface area contributed by atoms with Gasteiger partial charge in [0.2, 0.25) is 0 Å². The third-order valence-electron chi connectivity index (χ3n) is 3.54. The smallest absolute Gasteiger partial charge is 0.340 e. The number of anilines is 1. The lowest BCUT2D eigenvalue weighted by atomic mass is 10.2. The molecule has 0 aliphatic carbocycles. The molecule has 7 nitrogen and oxygen atoms in total. The fraction of sp³-hybridized carbons (Fsp3) is 0.158. The Hall–Kier alpha value is -3.38. The van der Waals surface area contributed by atoms with Crippen LogP contribution in [0.1, 0.15) is 15.9 Å². The number of aryl methyl sites for hydroxylation is 1. The van der Waals surface area contributed by atoms with Crippen LogP contribution in [0.5, 0.6) is 0 Å². The Kier molecular flexibility index (Phi) is 6.74. The van der Waals surface area contributed by atoms with Crippen molar-refractivity contribution in [1.29, 1.82) is 0 Å². The lowest BCUT2D eigenvalue weighted by Crippen LogP contribution is -2.29. The second-order valence-electron chi connectivity index (χ2n) is 5.62. The highest BCUT2D eigenvalue weighted by Crippen LogP contribution is 2.23. The van der Waals surface area contributed by atoms with E-state index in [1.807, 2.05) is 0 Å². The van der Waals surface area contributed by atoms with Crippen LogP contribution >= 0.6 is 0 Å². The number of nitrogens with one attached hydrogen (secondary N) is 2. The van der Waals surface area contributed by atoms with Crippen molar-refractivity contribution in [2.45, 2.75) is 11.8 Å². The lowest BCUT2D eigenvalue weighted by molar-refractivity contribution is -0.123. The van der Waals surface area contributed by atoms with Gasteiger partial charge in [0, 0.05) is 0 Å². The molecule has 1 amide bonds. The van der Waals surface area contributed by atoms with Crippen molar-refractivity contribution >= 4 is 27.6 Å². The van der Waals surface area contributed by atoms with Gasteiger partial charge in [-0.15, -0.1) is 6.42 Å². The zero-order chi connectivity index (χ0) is 20.7. The summed E-state index contributed by atoms with van der Waals surface area (Å²) in [5.41, 5.74) is 0.0774. The summed E-state index contributed by atoms with van der Waals surface area (Å²) in [6.07, 6.45) is 5.01. The summed E-state index contributed by atoms with van der Waals surface area (Å²) < 4.78 is 45.7. The Morgan fingerprint density at radius 2 is 1.93 bits per heavy atom. The Labute approximate surface area is 162 Å². The van der Waals surface area contributed by atoms with Crippen LogP contribution < -0.4 is 10.0 Å². The molecule has 28 heavy (non-hydrogen) atoms. The van der Waals surface area contributed by atoms with Gasteiger partial charge in [-0.25, -0.2) is 17.6 Å². The minimum atomic E-state index is -4.09. The summed E-state index contributed by atoms with van der Waals surface area (Å²) in [7, 11) is -4.09. The average Bonchev–Trinajstić information content (AvgIpc) is 2.64.